The van der Waals surface area contributed by atoms with Crippen LogP contribution in [0.1, 0.15) is 24.8 Å². The van der Waals surface area contributed by atoms with E-state index in [1.54, 1.807) is 0 Å². The van der Waals surface area contributed by atoms with Gasteiger partial charge < -0.3 is 5.11 Å². The molecule has 2 atom stereocenters. The van der Waals surface area contributed by atoms with E-state index >= 15 is 0 Å². The van der Waals surface area contributed by atoms with Gasteiger partial charge in [-0.1, -0.05) is 12.1 Å². The predicted octanol–water partition coefficient (Wildman–Crippen LogP) is 1.61. The van der Waals surface area contributed by atoms with E-state index < -0.39 is 26.5 Å². The van der Waals surface area contributed by atoms with Crippen molar-refractivity contribution in [3.05, 3.63) is 35.6 Å². The van der Waals surface area contributed by atoms with E-state index in [1.807, 2.05) is 0 Å². The Bertz CT molecular complexity index is 509. The Labute approximate surface area is 100 Å². The van der Waals surface area contributed by atoms with Gasteiger partial charge in [-0.05, 0) is 37.0 Å². The van der Waals surface area contributed by atoms with Crippen LogP contribution >= 0.6 is 0 Å². The summed E-state index contributed by atoms with van der Waals surface area (Å²) in [6.07, 6.45) is 2.65. The van der Waals surface area contributed by atoms with Crippen LogP contribution in [-0.2, 0) is 15.4 Å². The average molecular weight is 258 g/mol. The van der Waals surface area contributed by atoms with Gasteiger partial charge in [0.1, 0.15) is 11.4 Å². The first kappa shape index (κ1) is 12.5. The molecule has 0 amide bonds. The zero-order chi connectivity index (χ0) is 12.7. The minimum Gasteiger partial charge on any atom is -0.384 e. The molecule has 0 saturated heterocycles. The largest absolute Gasteiger partial charge is 0.384 e. The van der Waals surface area contributed by atoms with Crippen LogP contribution in [0.25, 0.3) is 0 Å². The molecule has 1 N–H and O–H groups in total. The van der Waals surface area contributed by atoms with Crippen LogP contribution < -0.4 is 0 Å². The zero-order valence-electron chi connectivity index (χ0n) is 9.56. The Hall–Kier alpha value is -0.940. The molecule has 0 aromatic heterocycles. The lowest BCUT2D eigenvalue weighted by atomic mass is 9.92. The van der Waals surface area contributed by atoms with Crippen LogP contribution in [0.5, 0.6) is 0 Å². The monoisotopic (exact) mass is 258 g/mol. The maximum Gasteiger partial charge on any atom is 0.153 e. The van der Waals surface area contributed by atoms with Crippen LogP contribution in [0.3, 0.4) is 0 Å². The summed E-state index contributed by atoms with van der Waals surface area (Å²) >= 11 is 0. The fourth-order valence-electron chi connectivity index (χ4n) is 2.59. The molecule has 1 aliphatic carbocycles. The van der Waals surface area contributed by atoms with Crippen molar-refractivity contribution in [2.24, 2.45) is 0 Å². The molecule has 1 aromatic rings. The summed E-state index contributed by atoms with van der Waals surface area (Å²) in [5.41, 5.74) is -0.895. The molecule has 1 aliphatic rings. The van der Waals surface area contributed by atoms with Crippen molar-refractivity contribution < 1.29 is 17.9 Å². The second-order valence-corrected chi connectivity index (χ2v) is 6.87. The lowest BCUT2D eigenvalue weighted by Crippen LogP contribution is -2.39. The molecule has 5 heteroatoms. The molecule has 1 aromatic carbocycles. The zero-order valence-corrected chi connectivity index (χ0v) is 10.4. The molecule has 2 unspecified atom stereocenters. The first-order chi connectivity index (χ1) is 7.84. The second kappa shape index (κ2) is 4.07. The molecule has 1 fully saturated rings. The molecule has 94 valence electrons. The number of hydrogen-bond donors (Lipinski definition) is 1. The summed E-state index contributed by atoms with van der Waals surface area (Å²) in [5.74, 6) is -0.397. The van der Waals surface area contributed by atoms with Crippen molar-refractivity contribution in [2.45, 2.75) is 30.1 Å². The van der Waals surface area contributed by atoms with E-state index in [1.165, 1.54) is 24.3 Å². The van der Waals surface area contributed by atoms with E-state index in [0.717, 1.165) is 6.26 Å². The van der Waals surface area contributed by atoms with Crippen molar-refractivity contribution in [2.75, 3.05) is 6.26 Å². The number of benzene rings is 1. The van der Waals surface area contributed by atoms with Crippen LogP contribution in [0.2, 0.25) is 0 Å². The van der Waals surface area contributed by atoms with E-state index in [-0.39, 0.29) is 0 Å². The highest BCUT2D eigenvalue weighted by Crippen LogP contribution is 2.42. The third-order valence-electron chi connectivity index (χ3n) is 3.42. The van der Waals surface area contributed by atoms with Gasteiger partial charge in [0.2, 0.25) is 0 Å². The first-order valence-electron chi connectivity index (χ1n) is 5.51. The number of sulfone groups is 1. The van der Waals surface area contributed by atoms with Crippen LogP contribution in [-0.4, -0.2) is 25.0 Å². The summed E-state index contributed by atoms with van der Waals surface area (Å²) < 4.78 is 36.1. The van der Waals surface area contributed by atoms with Gasteiger partial charge in [-0.15, -0.1) is 0 Å². The summed E-state index contributed by atoms with van der Waals surface area (Å²) in [6.45, 7) is 0. The predicted molar refractivity (Wildman–Crippen MR) is 62.8 cm³/mol. The highest BCUT2D eigenvalue weighted by Gasteiger charge is 2.47. The Balaban J connectivity index is 2.44. The minimum atomic E-state index is -3.31. The molecule has 0 bridgehead atoms. The Morgan fingerprint density at radius 3 is 2.47 bits per heavy atom. The summed E-state index contributed by atoms with van der Waals surface area (Å²) in [7, 11) is -3.31. The maximum atomic E-state index is 12.8. The van der Waals surface area contributed by atoms with Crippen molar-refractivity contribution in [3.63, 3.8) is 0 Å². The normalized spacial score (nSPS) is 29.5. The molecule has 3 nitrogen and oxygen atoms in total. The first-order valence-corrected chi connectivity index (χ1v) is 7.47. The highest BCUT2D eigenvalue weighted by molar-refractivity contribution is 7.91. The summed E-state index contributed by atoms with van der Waals surface area (Å²) in [6, 6.07) is 5.40. The van der Waals surface area contributed by atoms with E-state index in [4.69, 9.17) is 0 Å². The van der Waals surface area contributed by atoms with Gasteiger partial charge in [-0.25, -0.2) is 12.8 Å². The maximum absolute atomic E-state index is 12.8. The molecular weight excluding hydrogens is 243 g/mol. The van der Waals surface area contributed by atoms with Gasteiger partial charge in [-0.3, -0.25) is 0 Å². The smallest absolute Gasteiger partial charge is 0.153 e. The van der Waals surface area contributed by atoms with Crippen LogP contribution in [0, 0.1) is 5.82 Å². The standard InChI is InChI=1S/C12H15FO3S/c1-17(15,16)11-3-2-8-12(11,14)9-4-6-10(13)7-5-9/h4-7,11,14H,2-3,8H2,1H3. The Kier molecular flexibility index (Phi) is 2.99. The number of rotatable bonds is 2. The van der Waals surface area contributed by atoms with Crippen molar-refractivity contribution >= 4 is 9.84 Å². The molecule has 2 rings (SSSR count). The highest BCUT2D eigenvalue weighted by atomic mass is 32.2. The van der Waals surface area contributed by atoms with Crippen LogP contribution in [0.4, 0.5) is 4.39 Å². The SMILES string of the molecule is CS(=O)(=O)C1CCCC1(O)c1ccc(F)cc1. The van der Waals surface area contributed by atoms with Crippen LogP contribution in [0.15, 0.2) is 24.3 Å². The number of halogens is 1. The van der Waals surface area contributed by atoms with Gasteiger partial charge in [0.05, 0.1) is 5.25 Å². The third-order valence-corrected chi connectivity index (χ3v) is 5.08. The Morgan fingerprint density at radius 2 is 1.94 bits per heavy atom. The fraction of sp³-hybridized carbons (Fsp3) is 0.500. The quantitative estimate of drug-likeness (QED) is 0.876. The van der Waals surface area contributed by atoms with Crippen molar-refractivity contribution in [1.29, 1.82) is 0 Å². The third kappa shape index (κ3) is 2.21. The summed E-state index contributed by atoms with van der Waals surface area (Å²) in [5, 5.41) is 9.76. The number of aliphatic hydroxyl groups is 1. The Morgan fingerprint density at radius 1 is 1.35 bits per heavy atom. The second-order valence-electron chi connectivity index (χ2n) is 4.64. The van der Waals surface area contributed by atoms with E-state index in [9.17, 15) is 17.9 Å². The average Bonchev–Trinajstić information content (AvgIpc) is 2.62. The fourth-order valence-corrected chi connectivity index (χ4v) is 4.15. The van der Waals surface area contributed by atoms with Gasteiger partial charge in [0.25, 0.3) is 0 Å². The minimum absolute atomic E-state index is 0.397. The van der Waals surface area contributed by atoms with E-state index in [0.29, 0.717) is 24.8 Å². The van der Waals surface area contributed by atoms with Gasteiger partial charge in [-0.2, -0.15) is 0 Å². The van der Waals surface area contributed by atoms with E-state index in [2.05, 4.69) is 0 Å². The van der Waals surface area contributed by atoms with Gasteiger partial charge >= 0.3 is 0 Å². The molecule has 0 spiro atoms. The molecule has 1 saturated carbocycles. The molecule has 0 heterocycles. The van der Waals surface area contributed by atoms with Gasteiger partial charge in [0, 0.05) is 6.26 Å². The topological polar surface area (TPSA) is 54.4 Å². The number of hydrogen-bond acceptors (Lipinski definition) is 3. The molecule has 0 radical (unpaired) electrons. The summed E-state index contributed by atoms with van der Waals surface area (Å²) in [4.78, 5) is 0. The lowest BCUT2D eigenvalue weighted by Gasteiger charge is -2.29. The molecule has 0 aliphatic heterocycles. The lowest BCUT2D eigenvalue weighted by molar-refractivity contribution is 0.0476. The molecular formula is C12H15FO3S. The van der Waals surface area contributed by atoms with Crippen molar-refractivity contribution in [1.82, 2.24) is 0 Å². The molecule has 17 heavy (non-hydrogen) atoms. The van der Waals surface area contributed by atoms with Gasteiger partial charge in [0.15, 0.2) is 9.84 Å². The van der Waals surface area contributed by atoms with Crippen molar-refractivity contribution in [3.8, 4) is 0 Å².